The molecule has 0 fully saturated rings. The van der Waals surface area contributed by atoms with E-state index in [4.69, 9.17) is 4.74 Å². The Balaban J connectivity index is 2.71. The SMILES string of the molecule is CCCCNS(=O)(=O)c1ccc(OC(C)C)cc1. The van der Waals surface area contributed by atoms with Crippen molar-refractivity contribution in [3.63, 3.8) is 0 Å². The monoisotopic (exact) mass is 271 g/mol. The summed E-state index contributed by atoms with van der Waals surface area (Å²) in [6.45, 7) is 6.35. The number of benzene rings is 1. The van der Waals surface area contributed by atoms with Gasteiger partial charge in [-0.15, -0.1) is 0 Å². The van der Waals surface area contributed by atoms with E-state index in [0.717, 1.165) is 12.8 Å². The predicted molar refractivity (Wildman–Crippen MR) is 72.3 cm³/mol. The molecule has 1 aromatic carbocycles. The fourth-order valence-corrected chi connectivity index (χ4v) is 2.51. The molecule has 0 aliphatic rings. The van der Waals surface area contributed by atoms with Gasteiger partial charge in [-0.25, -0.2) is 13.1 Å². The maximum Gasteiger partial charge on any atom is 0.240 e. The summed E-state index contributed by atoms with van der Waals surface area (Å²) in [7, 11) is -3.38. The normalized spacial score (nSPS) is 11.8. The maximum atomic E-state index is 11.9. The number of sulfonamides is 1. The molecular weight excluding hydrogens is 250 g/mol. The second-order valence-electron chi connectivity index (χ2n) is 4.39. The van der Waals surface area contributed by atoms with Gasteiger partial charge in [-0.3, -0.25) is 0 Å². The van der Waals surface area contributed by atoms with Gasteiger partial charge < -0.3 is 4.74 Å². The lowest BCUT2D eigenvalue weighted by Gasteiger charge is -2.10. The lowest BCUT2D eigenvalue weighted by molar-refractivity contribution is 0.242. The van der Waals surface area contributed by atoms with Gasteiger partial charge in [0.05, 0.1) is 11.0 Å². The van der Waals surface area contributed by atoms with E-state index in [-0.39, 0.29) is 11.0 Å². The van der Waals surface area contributed by atoms with Crippen molar-refractivity contribution in [3.05, 3.63) is 24.3 Å². The summed E-state index contributed by atoms with van der Waals surface area (Å²) in [6.07, 6.45) is 1.88. The molecule has 18 heavy (non-hydrogen) atoms. The Kier molecular flexibility index (Phi) is 5.62. The minimum absolute atomic E-state index is 0.0788. The summed E-state index contributed by atoms with van der Waals surface area (Å²) in [5.41, 5.74) is 0. The van der Waals surface area contributed by atoms with Crippen LogP contribution in [0.4, 0.5) is 0 Å². The van der Waals surface area contributed by atoms with Gasteiger partial charge in [0.25, 0.3) is 0 Å². The molecule has 1 N–H and O–H groups in total. The Morgan fingerprint density at radius 2 is 1.83 bits per heavy atom. The van der Waals surface area contributed by atoms with Crippen LogP contribution >= 0.6 is 0 Å². The largest absolute Gasteiger partial charge is 0.491 e. The van der Waals surface area contributed by atoms with Gasteiger partial charge >= 0.3 is 0 Å². The molecular formula is C13H21NO3S. The van der Waals surface area contributed by atoms with E-state index in [1.54, 1.807) is 24.3 Å². The molecule has 0 spiro atoms. The Morgan fingerprint density at radius 3 is 2.33 bits per heavy atom. The zero-order valence-corrected chi connectivity index (χ0v) is 12.0. The summed E-state index contributed by atoms with van der Waals surface area (Å²) in [6, 6.07) is 6.47. The molecule has 0 bridgehead atoms. The molecule has 0 heterocycles. The van der Waals surface area contributed by atoms with Gasteiger partial charge in [-0.1, -0.05) is 13.3 Å². The van der Waals surface area contributed by atoms with Gasteiger partial charge in [0.15, 0.2) is 0 Å². The van der Waals surface area contributed by atoms with Crippen LogP contribution in [0, 0.1) is 0 Å². The predicted octanol–water partition coefficient (Wildman–Crippen LogP) is 2.55. The second-order valence-corrected chi connectivity index (χ2v) is 6.16. The first-order valence-corrected chi connectivity index (χ1v) is 7.70. The highest BCUT2D eigenvalue weighted by Gasteiger charge is 2.12. The molecule has 0 saturated carbocycles. The molecule has 1 aromatic rings. The lowest BCUT2D eigenvalue weighted by Crippen LogP contribution is -2.24. The Morgan fingerprint density at radius 1 is 1.22 bits per heavy atom. The average molecular weight is 271 g/mol. The highest BCUT2D eigenvalue weighted by Crippen LogP contribution is 2.16. The van der Waals surface area contributed by atoms with E-state index in [2.05, 4.69) is 4.72 Å². The average Bonchev–Trinajstić information content (AvgIpc) is 2.29. The molecule has 1 rings (SSSR count). The van der Waals surface area contributed by atoms with Crippen LogP contribution in [0.5, 0.6) is 5.75 Å². The van der Waals surface area contributed by atoms with Crippen molar-refractivity contribution in [2.45, 2.75) is 44.6 Å². The van der Waals surface area contributed by atoms with Crippen LogP contribution in [-0.2, 0) is 10.0 Å². The number of nitrogens with one attached hydrogen (secondary N) is 1. The molecule has 0 amide bonds. The first-order chi connectivity index (χ1) is 8.45. The van der Waals surface area contributed by atoms with Crippen molar-refractivity contribution in [3.8, 4) is 5.75 Å². The molecule has 0 aliphatic heterocycles. The minimum atomic E-state index is -3.38. The molecule has 0 atom stereocenters. The van der Waals surface area contributed by atoms with Crippen LogP contribution < -0.4 is 9.46 Å². The summed E-state index contributed by atoms with van der Waals surface area (Å²) >= 11 is 0. The van der Waals surface area contributed by atoms with E-state index in [1.165, 1.54) is 0 Å². The molecule has 0 saturated heterocycles. The Hall–Kier alpha value is -1.07. The van der Waals surface area contributed by atoms with E-state index >= 15 is 0 Å². The Bertz CT molecular complexity index is 452. The highest BCUT2D eigenvalue weighted by atomic mass is 32.2. The molecule has 0 aliphatic carbocycles. The van der Waals surface area contributed by atoms with Crippen molar-refractivity contribution >= 4 is 10.0 Å². The third-order valence-electron chi connectivity index (χ3n) is 2.33. The first kappa shape index (κ1) is 15.0. The molecule has 0 radical (unpaired) electrons. The molecule has 4 nitrogen and oxygen atoms in total. The van der Waals surface area contributed by atoms with E-state index in [1.807, 2.05) is 20.8 Å². The van der Waals surface area contributed by atoms with Gasteiger partial charge in [0.2, 0.25) is 10.0 Å². The van der Waals surface area contributed by atoms with Gasteiger partial charge in [0.1, 0.15) is 5.75 Å². The highest BCUT2D eigenvalue weighted by molar-refractivity contribution is 7.89. The maximum absolute atomic E-state index is 11.9. The molecule has 0 unspecified atom stereocenters. The molecule has 0 aromatic heterocycles. The zero-order valence-electron chi connectivity index (χ0n) is 11.1. The van der Waals surface area contributed by atoms with Crippen molar-refractivity contribution < 1.29 is 13.2 Å². The smallest absolute Gasteiger partial charge is 0.240 e. The van der Waals surface area contributed by atoms with Crippen LogP contribution in [0.1, 0.15) is 33.6 Å². The quantitative estimate of drug-likeness (QED) is 0.775. The van der Waals surface area contributed by atoms with E-state index < -0.39 is 10.0 Å². The van der Waals surface area contributed by atoms with Crippen LogP contribution in [0.15, 0.2) is 29.2 Å². The number of hydrogen-bond acceptors (Lipinski definition) is 3. The fourth-order valence-electron chi connectivity index (χ4n) is 1.44. The summed E-state index contributed by atoms with van der Waals surface area (Å²) in [5.74, 6) is 0.678. The van der Waals surface area contributed by atoms with Crippen LogP contribution in [0.3, 0.4) is 0 Å². The van der Waals surface area contributed by atoms with Crippen molar-refractivity contribution in [1.29, 1.82) is 0 Å². The third-order valence-corrected chi connectivity index (χ3v) is 3.81. The lowest BCUT2D eigenvalue weighted by atomic mass is 10.3. The summed E-state index contributed by atoms with van der Waals surface area (Å²) < 4.78 is 31.8. The third kappa shape index (κ3) is 4.66. The number of rotatable bonds is 7. The topological polar surface area (TPSA) is 55.4 Å². The minimum Gasteiger partial charge on any atom is -0.491 e. The molecule has 102 valence electrons. The van der Waals surface area contributed by atoms with Crippen molar-refractivity contribution in [1.82, 2.24) is 4.72 Å². The van der Waals surface area contributed by atoms with E-state index in [9.17, 15) is 8.42 Å². The fraction of sp³-hybridized carbons (Fsp3) is 0.538. The number of ether oxygens (including phenoxy) is 1. The summed E-state index contributed by atoms with van der Waals surface area (Å²) in [5, 5.41) is 0. The van der Waals surface area contributed by atoms with Crippen LogP contribution in [0.2, 0.25) is 0 Å². The van der Waals surface area contributed by atoms with Crippen LogP contribution in [0.25, 0.3) is 0 Å². The Labute approximate surface area is 109 Å². The first-order valence-electron chi connectivity index (χ1n) is 6.22. The van der Waals surface area contributed by atoms with Crippen molar-refractivity contribution in [2.75, 3.05) is 6.54 Å². The zero-order chi connectivity index (χ0) is 13.6. The van der Waals surface area contributed by atoms with Crippen molar-refractivity contribution in [2.24, 2.45) is 0 Å². The molecule has 5 heteroatoms. The standard InChI is InChI=1S/C13H21NO3S/c1-4-5-10-14-18(15,16)13-8-6-12(7-9-13)17-11(2)3/h6-9,11,14H,4-5,10H2,1-3H3. The van der Waals surface area contributed by atoms with E-state index in [0.29, 0.717) is 12.3 Å². The van der Waals surface area contributed by atoms with Gasteiger partial charge in [-0.05, 0) is 44.5 Å². The van der Waals surface area contributed by atoms with Gasteiger partial charge in [0, 0.05) is 6.54 Å². The number of hydrogen-bond donors (Lipinski definition) is 1. The second kappa shape index (κ2) is 6.75. The van der Waals surface area contributed by atoms with Gasteiger partial charge in [-0.2, -0.15) is 0 Å². The summed E-state index contributed by atoms with van der Waals surface area (Å²) in [4.78, 5) is 0.273. The van der Waals surface area contributed by atoms with Crippen LogP contribution in [-0.4, -0.2) is 21.1 Å². The number of unbranched alkanes of at least 4 members (excludes halogenated alkanes) is 1.